The van der Waals surface area contributed by atoms with Gasteiger partial charge in [0.15, 0.2) is 5.69 Å². The number of carbonyl (C=O) groups is 2. The van der Waals surface area contributed by atoms with Crippen molar-refractivity contribution >= 4 is 17.6 Å². The topological polar surface area (TPSA) is 101 Å². The highest BCUT2D eigenvalue weighted by molar-refractivity contribution is 5.97. The van der Waals surface area contributed by atoms with E-state index in [9.17, 15) is 9.59 Å². The maximum Gasteiger partial charge on any atom is 0.307 e. The van der Waals surface area contributed by atoms with Crippen LogP contribution in [0.25, 0.3) is 0 Å². The molecule has 1 rings (SSSR count). The van der Waals surface area contributed by atoms with Crippen LogP contribution in [0, 0.1) is 0 Å². The average molecular weight is 268 g/mol. The predicted molar refractivity (Wildman–Crippen MR) is 70.6 cm³/mol. The summed E-state index contributed by atoms with van der Waals surface area (Å²) in [5, 5.41) is 6.72. The summed E-state index contributed by atoms with van der Waals surface area (Å²) >= 11 is 0. The Morgan fingerprint density at radius 2 is 2.16 bits per heavy atom. The van der Waals surface area contributed by atoms with Gasteiger partial charge in [0.1, 0.15) is 0 Å². The molecule has 1 amide bonds. The molecule has 19 heavy (non-hydrogen) atoms. The maximum atomic E-state index is 12.1. The van der Waals surface area contributed by atoms with E-state index >= 15 is 0 Å². The first-order chi connectivity index (χ1) is 9.01. The van der Waals surface area contributed by atoms with Crippen molar-refractivity contribution in [1.82, 2.24) is 15.1 Å². The lowest BCUT2D eigenvalue weighted by atomic mass is 10.2. The molecular formula is C12H20N4O3. The zero-order chi connectivity index (χ0) is 14.4. The van der Waals surface area contributed by atoms with E-state index in [1.54, 1.807) is 7.05 Å². The number of nitrogens with one attached hydrogen (secondary N) is 1. The van der Waals surface area contributed by atoms with Crippen molar-refractivity contribution in [2.45, 2.75) is 26.2 Å². The molecule has 0 aliphatic rings. The van der Waals surface area contributed by atoms with Crippen LogP contribution < -0.4 is 5.73 Å². The molecule has 106 valence electrons. The van der Waals surface area contributed by atoms with Crippen molar-refractivity contribution in [2.75, 3.05) is 26.4 Å². The summed E-state index contributed by atoms with van der Waals surface area (Å²) in [6, 6.07) is 0. The number of nitrogen functional groups attached to an aromatic ring is 1. The van der Waals surface area contributed by atoms with Crippen LogP contribution in [0.3, 0.4) is 0 Å². The summed E-state index contributed by atoms with van der Waals surface area (Å²) in [6.07, 6.45) is 1.81. The minimum Gasteiger partial charge on any atom is -0.469 e. The van der Waals surface area contributed by atoms with Gasteiger partial charge in [0.2, 0.25) is 0 Å². The minimum absolute atomic E-state index is 0.144. The highest BCUT2D eigenvalue weighted by Crippen LogP contribution is 2.17. The number of nitrogens with two attached hydrogens (primary N) is 1. The quantitative estimate of drug-likeness (QED) is 0.735. The first kappa shape index (κ1) is 15.0. The second kappa shape index (κ2) is 6.77. The van der Waals surface area contributed by atoms with Crippen LogP contribution >= 0.6 is 0 Å². The number of ether oxygens (including phenoxy) is 1. The summed E-state index contributed by atoms with van der Waals surface area (Å²) in [4.78, 5) is 24.5. The van der Waals surface area contributed by atoms with Crippen molar-refractivity contribution in [3.8, 4) is 0 Å². The Morgan fingerprint density at radius 1 is 1.47 bits per heavy atom. The number of esters is 1. The number of nitrogens with zero attached hydrogens (tertiary/aromatic N) is 2. The Balaban J connectivity index is 2.69. The zero-order valence-electron chi connectivity index (χ0n) is 11.5. The van der Waals surface area contributed by atoms with E-state index in [1.165, 1.54) is 12.0 Å². The standard InChI is InChI=1S/C12H20N4O3/c1-4-5-8-10(13)11(15-14-8)12(18)16(2)7-6-9(17)19-3/h4-7,13H2,1-3H3,(H,14,15). The molecule has 3 N–H and O–H groups in total. The number of hydrogen-bond donors (Lipinski definition) is 2. The third kappa shape index (κ3) is 3.70. The molecule has 7 nitrogen and oxygen atoms in total. The van der Waals surface area contributed by atoms with Crippen molar-refractivity contribution < 1.29 is 14.3 Å². The number of carbonyl (C=O) groups excluding carboxylic acids is 2. The third-order valence-electron chi connectivity index (χ3n) is 2.81. The average Bonchev–Trinajstić information content (AvgIpc) is 2.76. The highest BCUT2D eigenvalue weighted by atomic mass is 16.5. The van der Waals surface area contributed by atoms with Crippen LogP contribution in [0.1, 0.15) is 35.9 Å². The lowest BCUT2D eigenvalue weighted by Gasteiger charge is -2.15. The molecule has 0 aromatic carbocycles. The van der Waals surface area contributed by atoms with E-state index in [-0.39, 0.29) is 30.5 Å². The van der Waals surface area contributed by atoms with Crippen LogP contribution in [0.4, 0.5) is 5.69 Å². The molecule has 1 heterocycles. The first-order valence-electron chi connectivity index (χ1n) is 6.16. The molecule has 0 fully saturated rings. The molecule has 0 aliphatic carbocycles. The summed E-state index contributed by atoms with van der Waals surface area (Å²) < 4.78 is 4.52. The van der Waals surface area contributed by atoms with E-state index < -0.39 is 0 Å². The predicted octanol–water partition coefficient (Wildman–Crippen LogP) is 0.580. The van der Waals surface area contributed by atoms with Gasteiger partial charge in [-0.3, -0.25) is 14.7 Å². The van der Waals surface area contributed by atoms with Gasteiger partial charge in [0.25, 0.3) is 5.91 Å². The molecule has 0 unspecified atom stereocenters. The molecule has 0 aliphatic heterocycles. The van der Waals surface area contributed by atoms with Gasteiger partial charge in [-0.05, 0) is 6.42 Å². The Hall–Kier alpha value is -2.05. The first-order valence-corrected chi connectivity index (χ1v) is 6.16. The fourth-order valence-corrected chi connectivity index (χ4v) is 1.63. The number of methoxy groups -OCH3 is 1. The molecule has 7 heteroatoms. The number of aromatic nitrogens is 2. The molecule has 1 aromatic heterocycles. The smallest absolute Gasteiger partial charge is 0.307 e. The Labute approximate surface area is 112 Å². The van der Waals surface area contributed by atoms with E-state index in [1.807, 2.05) is 6.92 Å². The lowest BCUT2D eigenvalue weighted by molar-refractivity contribution is -0.140. The number of anilines is 1. The van der Waals surface area contributed by atoms with Gasteiger partial charge in [-0.1, -0.05) is 13.3 Å². The second-order valence-corrected chi connectivity index (χ2v) is 4.27. The monoisotopic (exact) mass is 268 g/mol. The van der Waals surface area contributed by atoms with E-state index in [0.29, 0.717) is 5.69 Å². The Morgan fingerprint density at radius 3 is 2.74 bits per heavy atom. The molecule has 1 aromatic rings. The lowest BCUT2D eigenvalue weighted by Crippen LogP contribution is -2.30. The zero-order valence-corrected chi connectivity index (χ0v) is 11.5. The minimum atomic E-state index is -0.360. The summed E-state index contributed by atoms with van der Waals surface area (Å²) in [5.41, 5.74) is 7.24. The van der Waals surface area contributed by atoms with Gasteiger partial charge < -0.3 is 15.4 Å². The molecule has 0 saturated heterocycles. The van der Waals surface area contributed by atoms with Crippen LogP contribution in [0.5, 0.6) is 0 Å². The van der Waals surface area contributed by atoms with E-state index in [4.69, 9.17) is 5.73 Å². The van der Waals surface area contributed by atoms with Gasteiger partial charge in [-0.25, -0.2) is 0 Å². The summed E-state index contributed by atoms with van der Waals surface area (Å²) in [6.45, 7) is 2.28. The van der Waals surface area contributed by atoms with Crippen molar-refractivity contribution in [3.63, 3.8) is 0 Å². The van der Waals surface area contributed by atoms with E-state index in [0.717, 1.165) is 18.5 Å². The second-order valence-electron chi connectivity index (χ2n) is 4.27. The number of aromatic amines is 1. The van der Waals surface area contributed by atoms with Crippen LogP contribution in [-0.4, -0.2) is 47.7 Å². The molecule has 0 saturated carbocycles. The van der Waals surface area contributed by atoms with Gasteiger partial charge in [0.05, 0.1) is 24.9 Å². The van der Waals surface area contributed by atoms with Crippen LogP contribution in [0.15, 0.2) is 0 Å². The van der Waals surface area contributed by atoms with Crippen molar-refractivity contribution in [1.29, 1.82) is 0 Å². The molecule has 0 radical (unpaired) electrons. The normalized spacial score (nSPS) is 10.3. The number of H-pyrrole nitrogens is 1. The number of rotatable bonds is 6. The van der Waals surface area contributed by atoms with E-state index in [2.05, 4.69) is 14.9 Å². The van der Waals surface area contributed by atoms with Crippen molar-refractivity contribution in [3.05, 3.63) is 11.4 Å². The third-order valence-corrected chi connectivity index (χ3v) is 2.81. The summed E-state index contributed by atoms with van der Waals surface area (Å²) in [5.74, 6) is -0.665. The number of aryl methyl sites for hydroxylation is 1. The number of amides is 1. The molecule has 0 bridgehead atoms. The van der Waals surface area contributed by atoms with Crippen LogP contribution in [0.2, 0.25) is 0 Å². The van der Waals surface area contributed by atoms with Crippen molar-refractivity contribution in [2.24, 2.45) is 0 Å². The Bertz CT molecular complexity index is 456. The fourth-order valence-electron chi connectivity index (χ4n) is 1.63. The molecular weight excluding hydrogens is 248 g/mol. The molecule has 0 spiro atoms. The van der Waals surface area contributed by atoms with Gasteiger partial charge >= 0.3 is 5.97 Å². The highest BCUT2D eigenvalue weighted by Gasteiger charge is 2.20. The van der Waals surface area contributed by atoms with Crippen LogP contribution in [-0.2, 0) is 16.0 Å². The molecule has 0 atom stereocenters. The Kier molecular flexibility index (Phi) is 5.35. The van der Waals surface area contributed by atoms with Gasteiger partial charge in [0, 0.05) is 13.6 Å². The van der Waals surface area contributed by atoms with Gasteiger partial charge in [-0.15, -0.1) is 0 Å². The largest absolute Gasteiger partial charge is 0.469 e. The fraction of sp³-hybridized carbons (Fsp3) is 0.583. The number of hydrogen-bond acceptors (Lipinski definition) is 5. The summed E-state index contributed by atoms with van der Waals surface area (Å²) in [7, 11) is 2.91. The maximum absolute atomic E-state index is 12.1. The van der Waals surface area contributed by atoms with Gasteiger partial charge in [-0.2, -0.15) is 5.10 Å². The SMILES string of the molecule is CCCc1[nH]nc(C(=O)N(C)CCC(=O)OC)c1N.